The number of carbonyl (C=O) groups excluding carboxylic acids is 2. The summed E-state index contributed by atoms with van der Waals surface area (Å²) < 4.78 is 40.4. The maximum atomic E-state index is 13.5. The number of hydrogen-bond acceptors (Lipinski definition) is 6. The van der Waals surface area contributed by atoms with Crippen LogP contribution in [0.15, 0.2) is 24.4 Å². The Morgan fingerprint density at radius 1 is 1.18 bits per heavy atom. The van der Waals surface area contributed by atoms with E-state index in [4.69, 9.17) is 17.3 Å². The number of nitrogens with two attached hydrogens (primary N) is 1. The van der Waals surface area contributed by atoms with Gasteiger partial charge in [-0.05, 0) is 31.0 Å². The first kappa shape index (κ1) is 27.2. The van der Waals surface area contributed by atoms with E-state index >= 15 is 0 Å². The van der Waals surface area contributed by atoms with Crippen molar-refractivity contribution < 1.29 is 22.8 Å². The van der Waals surface area contributed by atoms with Gasteiger partial charge in [-0.25, -0.2) is 4.98 Å². The molecule has 10 nitrogen and oxygen atoms in total. The van der Waals surface area contributed by atoms with Gasteiger partial charge in [0.25, 0.3) is 11.8 Å². The van der Waals surface area contributed by atoms with Gasteiger partial charge in [0.05, 0.1) is 10.6 Å². The number of anilines is 1. The van der Waals surface area contributed by atoms with Gasteiger partial charge in [0.2, 0.25) is 0 Å². The van der Waals surface area contributed by atoms with Gasteiger partial charge in [-0.15, -0.1) is 0 Å². The lowest BCUT2D eigenvalue weighted by Gasteiger charge is -2.34. The Kier molecular flexibility index (Phi) is 7.65. The van der Waals surface area contributed by atoms with Crippen molar-refractivity contribution in [2.45, 2.75) is 31.4 Å². The molecule has 3 aromatic rings. The number of carbonyl (C=O) groups is 2. The molecule has 2 amide bonds. The van der Waals surface area contributed by atoms with Crippen LogP contribution in [0.2, 0.25) is 5.02 Å². The third-order valence-electron chi connectivity index (χ3n) is 6.93. The van der Waals surface area contributed by atoms with Crippen molar-refractivity contribution >= 4 is 29.1 Å². The average Bonchev–Trinajstić information content (AvgIpc) is 3.46. The highest BCUT2D eigenvalue weighted by Crippen LogP contribution is 2.44. The summed E-state index contributed by atoms with van der Waals surface area (Å²) in [4.78, 5) is 36.5. The standard InChI is InChI=1S/C25H28ClF3N8O2/c26-19-12-15(3-4-17(19)24(39)37-9-7-36(6-5-30)8-10-37)33-23(38)22-31-13-16(32-22)11-18-20(14-1-2-14)34-35-21(18)25(27,28)29/h3-4,12-14H,1-2,5-11,30H2,(H,31,32)(H,33,38)(H,34,35). The number of nitrogens with zero attached hydrogens (tertiary/aromatic N) is 4. The molecule has 208 valence electrons. The molecule has 1 aliphatic carbocycles. The predicted molar refractivity (Wildman–Crippen MR) is 138 cm³/mol. The maximum Gasteiger partial charge on any atom is 0.435 e. The number of amides is 2. The number of alkyl halides is 3. The van der Waals surface area contributed by atoms with E-state index in [0.29, 0.717) is 42.3 Å². The van der Waals surface area contributed by atoms with Crippen LogP contribution in [0.5, 0.6) is 0 Å². The second-order valence-corrected chi connectivity index (χ2v) is 10.1. The number of aromatic amines is 2. The number of hydrogen-bond donors (Lipinski definition) is 4. The van der Waals surface area contributed by atoms with Crippen LogP contribution in [0.4, 0.5) is 18.9 Å². The molecule has 0 unspecified atom stereocenters. The van der Waals surface area contributed by atoms with Crippen LogP contribution in [0, 0.1) is 0 Å². The van der Waals surface area contributed by atoms with Crippen molar-refractivity contribution in [1.29, 1.82) is 0 Å². The highest BCUT2D eigenvalue weighted by molar-refractivity contribution is 6.34. The van der Waals surface area contributed by atoms with Crippen LogP contribution in [0.25, 0.3) is 0 Å². The molecular formula is C25H28ClF3N8O2. The van der Waals surface area contributed by atoms with E-state index in [1.165, 1.54) is 12.3 Å². The Balaban J connectivity index is 1.23. The third kappa shape index (κ3) is 6.10. The molecule has 5 N–H and O–H groups in total. The summed E-state index contributed by atoms with van der Waals surface area (Å²) in [5.74, 6) is -0.821. The summed E-state index contributed by atoms with van der Waals surface area (Å²) in [5, 5.41) is 8.88. The van der Waals surface area contributed by atoms with Crippen LogP contribution in [-0.4, -0.2) is 81.0 Å². The molecular weight excluding hydrogens is 537 g/mol. The summed E-state index contributed by atoms with van der Waals surface area (Å²) in [6.45, 7) is 3.96. The first-order valence-corrected chi connectivity index (χ1v) is 13.0. The molecule has 5 rings (SSSR count). The SMILES string of the molecule is NCCN1CCN(C(=O)c2ccc(NC(=O)c3ncc(Cc4c(C(F)(F)F)n[nH]c4C4CC4)[nH]3)cc2Cl)CC1. The molecule has 2 fully saturated rings. The van der Waals surface area contributed by atoms with Crippen molar-refractivity contribution in [1.82, 2.24) is 30.0 Å². The number of nitrogens with one attached hydrogen (secondary N) is 3. The lowest BCUT2D eigenvalue weighted by molar-refractivity contribution is -0.141. The molecule has 3 heterocycles. The summed E-state index contributed by atoms with van der Waals surface area (Å²) in [7, 11) is 0. The fourth-order valence-corrected chi connectivity index (χ4v) is 5.00. The van der Waals surface area contributed by atoms with E-state index in [1.807, 2.05) is 0 Å². The smallest absolute Gasteiger partial charge is 0.337 e. The normalized spacial score (nSPS) is 16.5. The number of H-pyrrole nitrogens is 2. The number of piperazine rings is 1. The van der Waals surface area contributed by atoms with Crippen molar-refractivity contribution in [2.75, 3.05) is 44.6 Å². The Hall–Kier alpha value is -3.42. The molecule has 0 radical (unpaired) electrons. The lowest BCUT2D eigenvalue weighted by Crippen LogP contribution is -2.49. The van der Waals surface area contributed by atoms with E-state index in [1.54, 1.807) is 17.0 Å². The second kappa shape index (κ2) is 11.0. The van der Waals surface area contributed by atoms with Crippen molar-refractivity contribution in [3.8, 4) is 0 Å². The molecule has 14 heteroatoms. The summed E-state index contributed by atoms with van der Waals surface area (Å²) in [6, 6.07) is 4.59. The number of halogens is 4. The van der Waals surface area contributed by atoms with E-state index < -0.39 is 17.8 Å². The minimum absolute atomic E-state index is 0.0367. The van der Waals surface area contributed by atoms with Crippen molar-refractivity contribution in [2.24, 2.45) is 5.73 Å². The van der Waals surface area contributed by atoms with Crippen LogP contribution >= 0.6 is 11.6 Å². The molecule has 0 spiro atoms. The lowest BCUT2D eigenvalue weighted by atomic mass is 10.0. The van der Waals surface area contributed by atoms with E-state index in [0.717, 1.165) is 32.5 Å². The van der Waals surface area contributed by atoms with Crippen molar-refractivity contribution in [3.63, 3.8) is 0 Å². The van der Waals surface area contributed by atoms with Crippen LogP contribution in [0.3, 0.4) is 0 Å². The van der Waals surface area contributed by atoms with Crippen LogP contribution in [-0.2, 0) is 12.6 Å². The zero-order valence-corrected chi connectivity index (χ0v) is 21.7. The minimum atomic E-state index is -4.59. The van der Waals surface area contributed by atoms with Gasteiger partial charge in [0.15, 0.2) is 11.5 Å². The largest absolute Gasteiger partial charge is 0.435 e. The van der Waals surface area contributed by atoms with E-state index in [2.05, 4.69) is 30.4 Å². The van der Waals surface area contributed by atoms with Gasteiger partial charge in [-0.2, -0.15) is 18.3 Å². The number of aromatic nitrogens is 4. The topological polar surface area (TPSA) is 136 Å². The molecule has 39 heavy (non-hydrogen) atoms. The third-order valence-corrected chi connectivity index (χ3v) is 7.24. The number of rotatable bonds is 8. The summed E-state index contributed by atoms with van der Waals surface area (Å²) in [5.41, 5.74) is 6.21. The van der Waals surface area contributed by atoms with Gasteiger partial charge in [-0.3, -0.25) is 19.6 Å². The van der Waals surface area contributed by atoms with Crippen molar-refractivity contribution in [3.05, 3.63) is 63.5 Å². The van der Waals surface area contributed by atoms with Crippen LogP contribution < -0.4 is 11.1 Å². The quantitative estimate of drug-likeness (QED) is 0.332. The van der Waals surface area contributed by atoms with E-state index in [9.17, 15) is 22.8 Å². The zero-order chi connectivity index (χ0) is 27.7. The average molecular weight is 565 g/mol. The highest BCUT2D eigenvalue weighted by Gasteiger charge is 2.40. The zero-order valence-electron chi connectivity index (χ0n) is 20.9. The molecule has 1 aliphatic heterocycles. The van der Waals surface area contributed by atoms with Gasteiger partial charge in [0.1, 0.15) is 0 Å². The van der Waals surface area contributed by atoms with Gasteiger partial charge < -0.3 is 20.9 Å². The fraction of sp³-hybridized carbons (Fsp3) is 0.440. The van der Waals surface area contributed by atoms with Gasteiger partial charge >= 0.3 is 6.18 Å². The number of imidazole rings is 1. The molecule has 1 saturated carbocycles. The minimum Gasteiger partial charge on any atom is -0.337 e. The fourth-order valence-electron chi connectivity index (χ4n) is 4.74. The predicted octanol–water partition coefficient (Wildman–Crippen LogP) is 3.24. The highest BCUT2D eigenvalue weighted by atomic mass is 35.5. The molecule has 2 aromatic heterocycles. The molecule has 0 atom stereocenters. The summed E-state index contributed by atoms with van der Waals surface area (Å²) >= 11 is 6.38. The first-order chi connectivity index (χ1) is 18.6. The number of benzene rings is 1. The molecule has 2 aliphatic rings. The van der Waals surface area contributed by atoms with Crippen LogP contribution in [0.1, 0.15) is 62.4 Å². The first-order valence-electron chi connectivity index (χ1n) is 12.6. The molecule has 1 saturated heterocycles. The Morgan fingerprint density at radius 2 is 1.92 bits per heavy atom. The Labute approximate surface area is 227 Å². The Morgan fingerprint density at radius 3 is 2.56 bits per heavy atom. The summed E-state index contributed by atoms with van der Waals surface area (Å²) in [6.07, 6.45) is -1.74. The molecule has 0 bridgehead atoms. The second-order valence-electron chi connectivity index (χ2n) is 9.74. The monoisotopic (exact) mass is 564 g/mol. The van der Waals surface area contributed by atoms with Gasteiger partial charge in [0, 0.05) is 80.4 Å². The Bertz CT molecular complexity index is 1360. The van der Waals surface area contributed by atoms with E-state index in [-0.39, 0.29) is 34.7 Å². The van der Waals surface area contributed by atoms with Gasteiger partial charge in [-0.1, -0.05) is 11.6 Å². The molecule has 1 aromatic carbocycles. The maximum absolute atomic E-state index is 13.5.